The van der Waals surface area contributed by atoms with Gasteiger partial charge in [-0.2, -0.15) is 0 Å². The lowest BCUT2D eigenvalue weighted by molar-refractivity contribution is -0.142. The van der Waals surface area contributed by atoms with E-state index in [9.17, 15) is 17.6 Å². The molecule has 2 rings (SSSR count). The van der Waals surface area contributed by atoms with E-state index in [0.29, 0.717) is 0 Å². The molecule has 1 aromatic carbocycles. The molecule has 1 saturated heterocycles. The minimum atomic E-state index is -3.51. The van der Waals surface area contributed by atoms with Crippen molar-refractivity contribution in [1.82, 2.24) is 5.32 Å². The van der Waals surface area contributed by atoms with Gasteiger partial charge in [-0.3, -0.25) is 10.1 Å². The van der Waals surface area contributed by atoms with E-state index < -0.39 is 33.7 Å². The number of ether oxygens (including phenoxy) is 2. The molecule has 0 bridgehead atoms. The molecule has 0 spiro atoms. The number of carbonyl (C=O) groups excluding carboxylic acids is 1. The highest BCUT2D eigenvalue weighted by atomic mass is 32.2. The second-order valence-corrected chi connectivity index (χ2v) is 6.88. The predicted octanol–water partition coefficient (Wildman–Crippen LogP) is 0.435. The molecule has 8 heteroatoms. The van der Waals surface area contributed by atoms with Gasteiger partial charge in [0.2, 0.25) is 0 Å². The van der Waals surface area contributed by atoms with Crippen molar-refractivity contribution in [1.29, 1.82) is 0 Å². The Morgan fingerprint density at radius 3 is 2.67 bits per heavy atom. The van der Waals surface area contributed by atoms with Gasteiger partial charge in [0.1, 0.15) is 17.6 Å². The number of benzene rings is 1. The summed E-state index contributed by atoms with van der Waals surface area (Å²) in [4.78, 5) is 11.6. The molecule has 21 heavy (non-hydrogen) atoms. The summed E-state index contributed by atoms with van der Waals surface area (Å²) in [5, 5.41) is 2.82. The first-order valence-corrected chi connectivity index (χ1v) is 8.07. The van der Waals surface area contributed by atoms with Gasteiger partial charge in [-0.25, -0.2) is 12.8 Å². The highest BCUT2D eigenvalue weighted by molar-refractivity contribution is 7.91. The van der Waals surface area contributed by atoms with Crippen LogP contribution in [0.15, 0.2) is 18.2 Å². The number of carbonyl (C=O) groups is 1. The number of hydrogen-bond acceptors (Lipinski definition) is 6. The predicted molar refractivity (Wildman–Crippen MR) is 73.3 cm³/mol. The standard InChI is InChI=1S/C13H16FNO5S/c1-19-11-5-3-4-8(14)12(11)9-6-21(17,18)7-10(15-9)13(16)20-2/h3-5,9-10,15H,6-7H2,1-2H3. The molecule has 116 valence electrons. The zero-order valence-corrected chi connectivity index (χ0v) is 12.4. The van der Waals surface area contributed by atoms with E-state index in [4.69, 9.17) is 4.74 Å². The van der Waals surface area contributed by atoms with Crippen LogP contribution in [0.5, 0.6) is 5.75 Å². The van der Waals surface area contributed by atoms with Crippen LogP contribution in [0.4, 0.5) is 4.39 Å². The van der Waals surface area contributed by atoms with Crippen molar-refractivity contribution in [2.24, 2.45) is 0 Å². The largest absolute Gasteiger partial charge is 0.496 e. The van der Waals surface area contributed by atoms with Crippen LogP contribution in [0.1, 0.15) is 11.6 Å². The van der Waals surface area contributed by atoms with Gasteiger partial charge < -0.3 is 9.47 Å². The van der Waals surface area contributed by atoms with Crippen LogP contribution >= 0.6 is 0 Å². The van der Waals surface area contributed by atoms with E-state index in [-0.39, 0.29) is 22.8 Å². The summed E-state index contributed by atoms with van der Waals surface area (Å²) < 4.78 is 47.6. The third-order valence-electron chi connectivity index (χ3n) is 3.31. The number of sulfone groups is 1. The Bertz CT molecular complexity index is 646. The maximum Gasteiger partial charge on any atom is 0.323 e. The first-order valence-electron chi connectivity index (χ1n) is 6.24. The summed E-state index contributed by atoms with van der Waals surface area (Å²) in [5.74, 6) is -1.73. The molecule has 1 N–H and O–H groups in total. The SMILES string of the molecule is COC(=O)C1CS(=O)(=O)CC(c2c(F)cccc2OC)N1. The van der Waals surface area contributed by atoms with E-state index in [1.807, 2.05) is 0 Å². The molecule has 0 amide bonds. The summed E-state index contributed by atoms with van der Waals surface area (Å²) in [6.45, 7) is 0. The smallest absolute Gasteiger partial charge is 0.323 e. The molecular formula is C13H16FNO5S. The molecule has 2 unspecified atom stereocenters. The van der Waals surface area contributed by atoms with Crippen LogP contribution in [-0.4, -0.2) is 46.2 Å². The molecule has 6 nitrogen and oxygen atoms in total. The van der Waals surface area contributed by atoms with Crippen molar-refractivity contribution < 1.29 is 27.1 Å². The van der Waals surface area contributed by atoms with Gasteiger partial charge in [-0.15, -0.1) is 0 Å². The number of esters is 1. The molecule has 2 atom stereocenters. The summed E-state index contributed by atoms with van der Waals surface area (Å²) in [7, 11) is -0.973. The fraction of sp³-hybridized carbons (Fsp3) is 0.462. The molecule has 1 heterocycles. The third-order valence-corrected chi connectivity index (χ3v) is 4.99. The lowest BCUT2D eigenvalue weighted by Gasteiger charge is -2.30. The van der Waals surface area contributed by atoms with E-state index in [1.54, 1.807) is 0 Å². The van der Waals surface area contributed by atoms with Gasteiger partial charge in [0, 0.05) is 5.56 Å². The summed E-state index contributed by atoms with van der Waals surface area (Å²) >= 11 is 0. The molecule has 0 aromatic heterocycles. The van der Waals surface area contributed by atoms with Gasteiger partial charge in [-0.1, -0.05) is 6.07 Å². The fourth-order valence-corrected chi connectivity index (χ4v) is 4.04. The monoisotopic (exact) mass is 317 g/mol. The quantitative estimate of drug-likeness (QED) is 0.815. The molecule has 0 saturated carbocycles. The molecule has 1 fully saturated rings. The Morgan fingerprint density at radius 1 is 1.33 bits per heavy atom. The highest BCUT2D eigenvalue weighted by Crippen LogP contribution is 2.31. The van der Waals surface area contributed by atoms with Crippen LogP contribution in [0.25, 0.3) is 0 Å². The van der Waals surface area contributed by atoms with E-state index >= 15 is 0 Å². The van der Waals surface area contributed by atoms with Crippen molar-refractivity contribution in [2.45, 2.75) is 12.1 Å². The van der Waals surface area contributed by atoms with E-state index in [1.165, 1.54) is 32.4 Å². The average Bonchev–Trinajstić information content (AvgIpc) is 2.44. The van der Waals surface area contributed by atoms with Crippen LogP contribution in [0.2, 0.25) is 0 Å². The summed E-state index contributed by atoms with van der Waals surface area (Å²) in [6.07, 6.45) is 0. The first kappa shape index (κ1) is 15.7. The topological polar surface area (TPSA) is 81.7 Å². The maximum absolute atomic E-state index is 14.1. The van der Waals surface area contributed by atoms with Crippen molar-refractivity contribution in [3.8, 4) is 5.75 Å². The van der Waals surface area contributed by atoms with Gasteiger partial charge in [0.15, 0.2) is 9.84 Å². The average molecular weight is 317 g/mol. The third kappa shape index (κ3) is 3.33. The fourth-order valence-electron chi connectivity index (χ4n) is 2.39. The highest BCUT2D eigenvalue weighted by Gasteiger charge is 2.38. The molecular weight excluding hydrogens is 301 g/mol. The van der Waals surface area contributed by atoms with Gasteiger partial charge in [-0.05, 0) is 12.1 Å². The second-order valence-electron chi connectivity index (χ2n) is 4.73. The number of rotatable bonds is 3. The summed E-state index contributed by atoms with van der Waals surface area (Å²) in [6, 6.07) is 2.32. The van der Waals surface area contributed by atoms with E-state index in [0.717, 1.165) is 0 Å². The molecule has 1 aliphatic rings. The number of methoxy groups -OCH3 is 2. The van der Waals surface area contributed by atoms with Crippen molar-refractivity contribution in [3.63, 3.8) is 0 Å². The van der Waals surface area contributed by atoms with Crippen molar-refractivity contribution in [2.75, 3.05) is 25.7 Å². The van der Waals surface area contributed by atoms with Gasteiger partial charge >= 0.3 is 5.97 Å². The Hall–Kier alpha value is -1.67. The normalized spacial score (nSPS) is 24.3. The zero-order chi connectivity index (χ0) is 15.6. The van der Waals surface area contributed by atoms with Crippen LogP contribution in [0, 0.1) is 5.82 Å². The number of halogens is 1. The first-order chi connectivity index (χ1) is 9.88. The minimum absolute atomic E-state index is 0.0946. The Morgan fingerprint density at radius 2 is 2.05 bits per heavy atom. The number of hydrogen-bond donors (Lipinski definition) is 1. The molecule has 1 aromatic rings. The Labute approximate surface area is 122 Å². The number of nitrogens with one attached hydrogen (secondary N) is 1. The van der Waals surface area contributed by atoms with Gasteiger partial charge in [0.25, 0.3) is 0 Å². The molecule has 1 aliphatic heterocycles. The molecule has 0 radical (unpaired) electrons. The lowest BCUT2D eigenvalue weighted by atomic mass is 10.0. The Balaban J connectivity index is 2.41. The summed E-state index contributed by atoms with van der Waals surface area (Å²) in [5.41, 5.74) is 0.0946. The Kier molecular flexibility index (Phi) is 4.48. The second kappa shape index (κ2) is 5.98. The van der Waals surface area contributed by atoms with Crippen LogP contribution in [-0.2, 0) is 19.4 Å². The van der Waals surface area contributed by atoms with Crippen LogP contribution < -0.4 is 10.1 Å². The van der Waals surface area contributed by atoms with Gasteiger partial charge in [0.05, 0.1) is 31.8 Å². The molecule has 0 aliphatic carbocycles. The lowest BCUT2D eigenvalue weighted by Crippen LogP contribution is -2.51. The van der Waals surface area contributed by atoms with E-state index in [2.05, 4.69) is 10.1 Å². The zero-order valence-electron chi connectivity index (χ0n) is 11.6. The maximum atomic E-state index is 14.1. The van der Waals surface area contributed by atoms with Crippen LogP contribution in [0.3, 0.4) is 0 Å². The minimum Gasteiger partial charge on any atom is -0.496 e. The van der Waals surface area contributed by atoms with Crippen molar-refractivity contribution >= 4 is 15.8 Å². The van der Waals surface area contributed by atoms with Crippen molar-refractivity contribution in [3.05, 3.63) is 29.6 Å².